The SMILES string of the molecule is N#Cc1ccc(NS(=O)(=O)c2ccc(NC(=O)Cc3ccc(F)c(Cl)c3)cc2)cc1. The largest absolute Gasteiger partial charge is 0.326 e. The molecule has 0 saturated carbocycles. The van der Waals surface area contributed by atoms with Crippen molar-refractivity contribution in [2.24, 2.45) is 0 Å². The van der Waals surface area contributed by atoms with Crippen LogP contribution in [0.2, 0.25) is 5.02 Å². The molecule has 3 aromatic rings. The highest BCUT2D eigenvalue weighted by Gasteiger charge is 2.14. The standard InChI is InChI=1S/C21H15ClFN3O3S/c22-19-11-15(3-10-20(19)23)12-21(27)25-16-6-8-18(9-7-16)30(28,29)26-17-4-1-14(13-24)2-5-17/h1-11,26H,12H2,(H,25,27). The van der Waals surface area contributed by atoms with Crippen LogP contribution < -0.4 is 10.0 Å². The minimum absolute atomic E-state index is 0.00942. The fourth-order valence-corrected chi connectivity index (χ4v) is 3.85. The molecular weight excluding hydrogens is 429 g/mol. The quantitative estimate of drug-likeness (QED) is 0.592. The number of hydrogen-bond acceptors (Lipinski definition) is 4. The Labute approximate surface area is 178 Å². The molecule has 3 aromatic carbocycles. The Bertz CT molecular complexity index is 1220. The summed E-state index contributed by atoms with van der Waals surface area (Å²) in [5, 5.41) is 11.4. The number of hydrogen-bond donors (Lipinski definition) is 2. The van der Waals surface area contributed by atoms with E-state index in [9.17, 15) is 17.6 Å². The van der Waals surface area contributed by atoms with Crippen molar-refractivity contribution >= 4 is 38.9 Å². The van der Waals surface area contributed by atoms with Gasteiger partial charge in [0.15, 0.2) is 0 Å². The third kappa shape index (κ3) is 5.35. The van der Waals surface area contributed by atoms with Crippen LogP contribution in [0.3, 0.4) is 0 Å². The van der Waals surface area contributed by atoms with Crippen LogP contribution in [0, 0.1) is 17.1 Å². The lowest BCUT2D eigenvalue weighted by Crippen LogP contribution is -2.15. The summed E-state index contributed by atoms with van der Waals surface area (Å²) >= 11 is 5.71. The number of rotatable bonds is 6. The molecule has 6 nitrogen and oxygen atoms in total. The zero-order valence-corrected chi connectivity index (χ0v) is 17.0. The topological polar surface area (TPSA) is 99.1 Å². The van der Waals surface area contributed by atoms with Gasteiger partial charge in [-0.25, -0.2) is 12.8 Å². The van der Waals surface area contributed by atoms with E-state index >= 15 is 0 Å². The number of anilines is 2. The third-order valence-electron chi connectivity index (χ3n) is 4.06. The predicted molar refractivity (Wildman–Crippen MR) is 112 cm³/mol. The van der Waals surface area contributed by atoms with E-state index in [1.54, 1.807) is 0 Å². The lowest BCUT2D eigenvalue weighted by atomic mass is 10.1. The van der Waals surface area contributed by atoms with Crippen molar-refractivity contribution in [3.05, 3.63) is 88.7 Å². The van der Waals surface area contributed by atoms with E-state index in [-0.39, 0.29) is 22.2 Å². The van der Waals surface area contributed by atoms with Crippen molar-refractivity contribution in [1.82, 2.24) is 0 Å². The van der Waals surface area contributed by atoms with Crippen LogP contribution in [0.4, 0.5) is 15.8 Å². The maximum Gasteiger partial charge on any atom is 0.261 e. The molecule has 2 N–H and O–H groups in total. The zero-order valence-electron chi connectivity index (χ0n) is 15.4. The van der Waals surface area contributed by atoms with Crippen LogP contribution in [0.1, 0.15) is 11.1 Å². The molecule has 0 fully saturated rings. The number of nitrogens with one attached hydrogen (secondary N) is 2. The van der Waals surface area contributed by atoms with Crippen molar-refractivity contribution in [1.29, 1.82) is 5.26 Å². The summed E-state index contributed by atoms with van der Waals surface area (Å²) in [7, 11) is -3.83. The van der Waals surface area contributed by atoms with Gasteiger partial charge in [-0.1, -0.05) is 17.7 Å². The van der Waals surface area contributed by atoms with Gasteiger partial charge in [0, 0.05) is 11.4 Å². The number of sulfonamides is 1. The van der Waals surface area contributed by atoms with Crippen molar-refractivity contribution in [2.45, 2.75) is 11.3 Å². The number of benzene rings is 3. The zero-order chi connectivity index (χ0) is 21.7. The highest BCUT2D eigenvalue weighted by Crippen LogP contribution is 2.20. The first-order valence-electron chi connectivity index (χ1n) is 8.64. The lowest BCUT2D eigenvalue weighted by Gasteiger charge is -2.10. The maximum atomic E-state index is 13.2. The summed E-state index contributed by atoms with van der Waals surface area (Å²) in [6.07, 6.45) is -0.0136. The van der Waals surface area contributed by atoms with Gasteiger partial charge < -0.3 is 5.32 Å². The molecule has 0 bridgehead atoms. The number of amides is 1. The first-order chi connectivity index (χ1) is 14.3. The van der Waals surface area contributed by atoms with Gasteiger partial charge in [-0.2, -0.15) is 5.26 Å². The highest BCUT2D eigenvalue weighted by atomic mass is 35.5. The van der Waals surface area contributed by atoms with Gasteiger partial charge in [-0.3, -0.25) is 9.52 Å². The van der Waals surface area contributed by atoms with E-state index in [1.165, 1.54) is 66.7 Å². The summed E-state index contributed by atoms with van der Waals surface area (Å²) in [5.41, 5.74) is 1.69. The number of nitriles is 1. The first kappa shape index (κ1) is 21.3. The number of nitrogens with zero attached hydrogens (tertiary/aromatic N) is 1. The van der Waals surface area contributed by atoms with Crippen molar-refractivity contribution in [3.63, 3.8) is 0 Å². The second-order valence-electron chi connectivity index (χ2n) is 6.29. The van der Waals surface area contributed by atoms with E-state index in [4.69, 9.17) is 16.9 Å². The smallest absolute Gasteiger partial charge is 0.261 e. The number of halogens is 2. The van der Waals surface area contributed by atoms with Crippen molar-refractivity contribution in [2.75, 3.05) is 10.0 Å². The summed E-state index contributed by atoms with van der Waals surface area (Å²) in [6.45, 7) is 0. The maximum absolute atomic E-state index is 13.2. The minimum Gasteiger partial charge on any atom is -0.326 e. The molecule has 0 aliphatic heterocycles. The minimum atomic E-state index is -3.83. The molecule has 1 amide bonds. The fraction of sp³-hybridized carbons (Fsp3) is 0.0476. The van der Waals surface area contributed by atoms with E-state index < -0.39 is 15.8 Å². The summed E-state index contributed by atoms with van der Waals surface area (Å²) in [6, 6.07) is 17.6. The molecule has 0 spiro atoms. The van der Waals surface area contributed by atoms with E-state index in [1.807, 2.05) is 6.07 Å². The first-order valence-corrected chi connectivity index (χ1v) is 10.5. The predicted octanol–water partition coefficient (Wildman–Crippen LogP) is 4.33. The van der Waals surface area contributed by atoms with Crippen LogP contribution in [-0.4, -0.2) is 14.3 Å². The molecule has 0 aliphatic carbocycles. The van der Waals surface area contributed by atoms with Crippen LogP contribution in [0.25, 0.3) is 0 Å². The molecule has 0 radical (unpaired) electrons. The van der Waals surface area contributed by atoms with Gasteiger partial charge in [-0.05, 0) is 66.2 Å². The molecule has 0 unspecified atom stereocenters. The Kier molecular flexibility index (Phi) is 6.35. The Morgan fingerprint density at radius 1 is 1.00 bits per heavy atom. The van der Waals surface area contributed by atoms with Crippen molar-refractivity contribution in [3.8, 4) is 6.07 Å². The summed E-state index contributed by atoms with van der Waals surface area (Å²) in [5.74, 6) is -0.920. The number of carbonyl (C=O) groups is 1. The average Bonchev–Trinajstić information content (AvgIpc) is 2.71. The van der Waals surface area contributed by atoms with Gasteiger partial charge >= 0.3 is 0 Å². The average molecular weight is 444 g/mol. The van der Waals surface area contributed by atoms with E-state index in [0.717, 1.165) is 0 Å². The van der Waals surface area contributed by atoms with Crippen LogP contribution in [-0.2, 0) is 21.2 Å². The normalized spacial score (nSPS) is 10.8. The Morgan fingerprint density at radius 3 is 2.23 bits per heavy atom. The molecule has 0 atom stereocenters. The fourth-order valence-electron chi connectivity index (χ4n) is 2.58. The van der Waals surface area contributed by atoms with E-state index in [0.29, 0.717) is 22.5 Å². The molecule has 0 aromatic heterocycles. The molecule has 9 heteroatoms. The van der Waals surface area contributed by atoms with Gasteiger partial charge in [0.05, 0.1) is 28.0 Å². The molecule has 152 valence electrons. The van der Waals surface area contributed by atoms with Gasteiger partial charge in [0.1, 0.15) is 5.82 Å². The Balaban J connectivity index is 1.65. The van der Waals surface area contributed by atoms with Crippen LogP contribution in [0.15, 0.2) is 71.6 Å². The van der Waals surface area contributed by atoms with Gasteiger partial charge in [-0.15, -0.1) is 0 Å². The Morgan fingerprint density at radius 2 is 1.63 bits per heavy atom. The van der Waals surface area contributed by atoms with E-state index in [2.05, 4.69) is 10.0 Å². The number of carbonyl (C=O) groups excluding carboxylic acids is 1. The molecule has 0 aliphatic rings. The van der Waals surface area contributed by atoms with Crippen LogP contribution >= 0.6 is 11.6 Å². The Hall–Kier alpha value is -3.41. The lowest BCUT2D eigenvalue weighted by molar-refractivity contribution is -0.115. The monoisotopic (exact) mass is 443 g/mol. The third-order valence-corrected chi connectivity index (χ3v) is 5.75. The second kappa shape index (κ2) is 8.95. The molecule has 3 rings (SSSR count). The van der Waals surface area contributed by atoms with Crippen molar-refractivity contribution < 1.29 is 17.6 Å². The molecule has 0 saturated heterocycles. The second-order valence-corrected chi connectivity index (χ2v) is 8.38. The molecule has 30 heavy (non-hydrogen) atoms. The summed E-state index contributed by atoms with van der Waals surface area (Å²) in [4.78, 5) is 12.2. The molecular formula is C21H15ClFN3O3S. The van der Waals surface area contributed by atoms with Crippen LogP contribution in [0.5, 0.6) is 0 Å². The summed E-state index contributed by atoms with van der Waals surface area (Å²) < 4.78 is 40.6. The van der Waals surface area contributed by atoms with Gasteiger partial charge in [0.2, 0.25) is 5.91 Å². The highest BCUT2D eigenvalue weighted by molar-refractivity contribution is 7.92. The van der Waals surface area contributed by atoms with Gasteiger partial charge in [0.25, 0.3) is 10.0 Å². The molecule has 0 heterocycles.